The summed E-state index contributed by atoms with van der Waals surface area (Å²) in [6.45, 7) is 2.08. The zero-order valence-electron chi connectivity index (χ0n) is 16.9. The highest BCUT2D eigenvalue weighted by Gasteiger charge is 2.27. The highest BCUT2D eigenvalue weighted by Crippen LogP contribution is 2.33. The van der Waals surface area contributed by atoms with E-state index in [2.05, 4.69) is 5.32 Å². The Hall–Kier alpha value is -3.49. The maximum absolute atomic E-state index is 14.8. The van der Waals surface area contributed by atoms with Gasteiger partial charge in [-0.1, -0.05) is 30.3 Å². The van der Waals surface area contributed by atoms with E-state index in [0.29, 0.717) is 49.6 Å². The van der Waals surface area contributed by atoms with Crippen molar-refractivity contribution in [3.05, 3.63) is 59.4 Å². The number of hydrogen-bond donors (Lipinski definition) is 2. The molecular formula is C22H24FN3O5. The van der Waals surface area contributed by atoms with Gasteiger partial charge in [-0.05, 0) is 11.6 Å². The Bertz CT molecular complexity index is 948. The zero-order valence-corrected chi connectivity index (χ0v) is 16.9. The first-order valence-electron chi connectivity index (χ1n) is 10.1. The molecular weight excluding hydrogens is 405 g/mol. The van der Waals surface area contributed by atoms with Crippen molar-refractivity contribution in [3.8, 4) is 5.75 Å². The van der Waals surface area contributed by atoms with Crippen LogP contribution in [0.5, 0.6) is 5.75 Å². The summed E-state index contributed by atoms with van der Waals surface area (Å²) in [6.07, 6.45) is -1.22. The van der Waals surface area contributed by atoms with E-state index < -0.39 is 24.0 Å². The summed E-state index contributed by atoms with van der Waals surface area (Å²) in [5, 5.41) is 11.8. The number of fused-ring (bicyclic) bond motifs is 1. The Morgan fingerprint density at radius 1 is 1.16 bits per heavy atom. The molecule has 0 saturated carbocycles. The van der Waals surface area contributed by atoms with Crippen LogP contribution >= 0.6 is 0 Å². The average Bonchev–Trinajstić information content (AvgIpc) is 2.79. The predicted molar refractivity (Wildman–Crippen MR) is 111 cm³/mol. The third kappa shape index (κ3) is 4.99. The molecule has 0 spiro atoms. The van der Waals surface area contributed by atoms with Crippen molar-refractivity contribution in [2.45, 2.75) is 19.1 Å². The first-order chi connectivity index (χ1) is 15.0. The van der Waals surface area contributed by atoms with Gasteiger partial charge in [0.15, 0.2) is 0 Å². The molecule has 0 aromatic heterocycles. The fourth-order valence-electron chi connectivity index (χ4n) is 3.78. The second-order valence-corrected chi connectivity index (χ2v) is 7.58. The van der Waals surface area contributed by atoms with E-state index in [9.17, 15) is 14.0 Å². The molecule has 164 valence electrons. The van der Waals surface area contributed by atoms with Crippen LogP contribution in [0, 0.1) is 5.82 Å². The summed E-state index contributed by atoms with van der Waals surface area (Å²) >= 11 is 0. The predicted octanol–water partition coefficient (Wildman–Crippen LogP) is 2.86. The summed E-state index contributed by atoms with van der Waals surface area (Å²) in [6, 6.07) is 12.2. The quantitative estimate of drug-likeness (QED) is 0.777. The number of amides is 2. The highest BCUT2D eigenvalue weighted by atomic mass is 19.1. The summed E-state index contributed by atoms with van der Waals surface area (Å²) in [7, 11) is 0. The molecule has 1 saturated heterocycles. The highest BCUT2D eigenvalue weighted by molar-refractivity contribution is 5.68. The molecule has 1 atom stereocenters. The number of nitrogens with zero attached hydrogens (tertiary/aromatic N) is 2. The minimum Gasteiger partial charge on any atom is -0.491 e. The van der Waals surface area contributed by atoms with Crippen molar-refractivity contribution >= 4 is 17.9 Å². The van der Waals surface area contributed by atoms with Gasteiger partial charge in [0.2, 0.25) is 0 Å². The van der Waals surface area contributed by atoms with E-state index in [1.807, 2.05) is 35.2 Å². The lowest BCUT2D eigenvalue weighted by Crippen LogP contribution is -2.48. The smallest absolute Gasteiger partial charge is 0.407 e. The number of alkyl carbamates (subject to hydrolysis) is 1. The Kier molecular flexibility index (Phi) is 6.11. The number of carbonyl (C=O) groups is 2. The van der Waals surface area contributed by atoms with Crippen LogP contribution in [0.15, 0.2) is 42.5 Å². The van der Waals surface area contributed by atoms with E-state index in [1.165, 1.54) is 11.0 Å². The Morgan fingerprint density at radius 2 is 1.90 bits per heavy atom. The van der Waals surface area contributed by atoms with Gasteiger partial charge in [-0.2, -0.15) is 0 Å². The van der Waals surface area contributed by atoms with Gasteiger partial charge < -0.3 is 29.7 Å². The van der Waals surface area contributed by atoms with Crippen molar-refractivity contribution in [1.82, 2.24) is 10.2 Å². The standard InChI is InChI=1S/C22H24FN3O5/c23-19-11-17(25-6-8-26(9-7-25)22(28)29)12-20-18(19)10-16(14-30-20)24-21(27)31-13-15-4-2-1-3-5-15/h1-5,11-12,16H,6-10,13-14H2,(H,24,27)(H,28,29). The summed E-state index contributed by atoms with van der Waals surface area (Å²) in [4.78, 5) is 26.4. The third-order valence-corrected chi connectivity index (χ3v) is 5.48. The van der Waals surface area contributed by atoms with Crippen molar-refractivity contribution < 1.29 is 28.6 Å². The van der Waals surface area contributed by atoms with Gasteiger partial charge >= 0.3 is 12.2 Å². The van der Waals surface area contributed by atoms with Gasteiger partial charge in [0.25, 0.3) is 0 Å². The topological polar surface area (TPSA) is 91.3 Å². The molecule has 1 unspecified atom stereocenters. The van der Waals surface area contributed by atoms with Crippen LogP contribution < -0.4 is 15.0 Å². The maximum atomic E-state index is 14.8. The lowest BCUT2D eigenvalue weighted by Gasteiger charge is -2.35. The van der Waals surface area contributed by atoms with Crippen LogP contribution in [-0.2, 0) is 17.8 Å². The lowest BCUT2D eigenvalue weighted by molar-refractivity contribution is 0.128. The lowest BCUT2D eigenvalue weighted by atomic mass is 10.0. The van der Waals surface area contributed by atoms with Crippen LogP contribution in [0.1, 0.15) is 11.1 Å². The van der Waals surface area contributed by atoms with Crippen molar-refractivity contribution in [3.63, 3.8) is 0 Å². The van der Waals surface area contributed by atoms with E-state index in [-0.39, 0.29) is 13.2 Å². The number of carbonyl (C=O) groups excluding carboxylic acids is 1. The number of carboxylic acid groups (broad SMARTS) is 1. The number of hydrogen-bond acceptors (Lipinski definition) is 5. The first kappa shape index (κ1) is 20.8. The van der Waals surface area contributed by atoms with Crippen LogP contribution in [0.4, 0.5) is 19.7 Å². The third-order valence-electron chi connectivity index (χ3n) is 5.48. The fourth-order valence-corrected chi connectivity index (χ4v) is 3.78. The molecule has 2 aromatic rings. The van der Waals surface area contributed by atoms with Gasteiger partial charge in [0.1, 0.15) is 24.8 Å². The Morgan fingerprint density at radius 3 is 2.61 bits per heavy atom. The largest absolute Gasteiger partial charge is 0.491 e. The van der Waals surface area contributed by atoms with Crippen LogP contribution in [0.3, 0.4) is 0 Å². The number of ether oxygens (including phenoxy) is 2. The Balaban J connectivity index is 1.34. The molecule has 1 fully saturated rings. The number of benzene rings is 2. The van der Waals surface area contributed by atoms with Crippen molar-refractivity contribution in [2.75, 3.05) is 37.7 Å². The molecule has 2 N–H and O–H groups in total. The zero-order chi connectivity index (χ0) is 21.8. The number of rotatable bonds is 4. The maximum Gasteiger partial charge on any atom is 0.407 e. The minimum atomic E-state index is -0.944. The van der Waals surface area contributed by atoms with Gasteiger partial charge in [-0.25, -0.2) is 14.0 Å². The van der Waals surface area contributed by atoms with Gasteiger partial charge in [0.05, 0.1) is 6.04 Å². The molecule has 2 aromatic carbocycles. The second-order valence-electron chi connectivity index (χ2n) is 7.58. The molecule has 2 aliphatic heterocycles. The van der Waals surface area contributed by atoms with Crippen molar-refractivity contribution in [2.24, 2.45) is 0 Å². The molecule has 31 heavy (non-hydrogen) atoms. The molecule has 8 nitrogen and oxygen atoms in total. The molecule has 9 heteroatoms. The molecule has 2 amide bonds. The minimum absolute atomic E-state index is 0.156. The van der Waals surface area contributed by atoms with Crippen molar-refractivity contribution in [1.29, 1.82) is 0 Å². The van der Waals surface area contributed by atoms with E-state index >= 15 is 0 Å². The Labute approximate surface area is 179 Å². The molecule has 4 rings (SSSR count). The van der Waals surface area contributed by atoms with Crippen LogP contribution in [-0.4, -0.2) is 61.0 Å². The number of anilines is 1. The fraction of sp³-hybridized carbons (Fsp3) is 0.364. The van der Waals surface area contributed by atoms with Crippen LogP contribution in [0.2, 0.25) is 0 Å². The first-order valence-corrected chi connectivity index (χ1v) is 10.1. The molecule has 0 radical (unpaired) electrons. The van der Waals surface area contributed by atoms with Gasteiger partial charge in [0, 0.05) is 49.9 Å². The monoisotopic (exact) mass is 429 g/mol. The van der Waals surface area contributed by atoms with Gasteiger partial charge in [-0.15, -0.1) is 0 Å². The molecule has 2 heterocycles. The van der Waals surface area contributed by atoms with E-state index in [1.54, 1.807) is 6.07 Å². The molecule has 0 bridgehead atoms. The normalized spacial score (nSPS) is 18.0. The summed E-state index contributed by atoms with van der Waals surface area (Å²) in [5.41, 5.74) is 1.95. The van der Waals surface area contributed by atoms with E-state index in [4.69, 9.17) is 14.6 Å². The number of piperazine rings is 1. The number of nitrogens with one attached hydrogen (secondary N) is 1. The summed E-state index contributed by atoms with van der Waals surface area (Å²) in [5.74, 6) is 0.0451. The molecule has 0 aliphatic carbocycles. The average molecular weight is 429 g/mol. The van der Waals surface area contributed by atoms with Gasteiger partial charge in [-0.3, -0.25) is 0 Å². The molecule has 2 aliphatic rings. The number of halogens is 1. The second kappa shape index (κ2) is 9.11. The van der Waals surface area contributed by atoms with E-state index in [0.717, 1.165) is 5.56 Å². The van der Waals surface area contributed by atoms with Crippen LogP contribution in [0.25, 0.3) is 0 Å². The summed E-state index contributed by atoms with van der Waals surface area (Å²) < 4.78 is 25.8. The SMILES string of the molecule is O=C(NC1COc2cc(N3CCN(C(=O)O)CC3)cc(F)c2C1)OCc1ccccc1.